The van der Waals surface area contributed by atoms with Crippen LogP contribution in [0.1, 0.15) is 32.3 Å². The molecule has 1 heterocycles. The molecule has 0 bridgehead atoms. The van der Waals surface area contributed by atoms with Crippen LogP contribution < -0.4 is 0 Å². The Morgan fingerprint density at radius 2 is 2.00 bits per heavy atom. The summed E-state index contributed by atoms with van der Waals surface area (Å²) >= 11 is 0. The van der Waals surface area contributed by atoms with Gasteiger partial charge in [0, 0.05) is 0 Å². The summed E-state index contributed by atoms with van der Waals surface area (Å²) in [6, 6.07) is 3.91. The molecule has 0 saturated carbocycles. The van der Waals surface area contributed by atoms with E-state index in [1.807, 2.05) is 19.1 Å². The SMILES string of the molecule is Cc1ccc(COCC(C)(C)C)o1. The zero-order valence-electron chi connectivity index (χ0n) is 8.89. The van der Waals surface area contributed by atoms with E-state index >= 15 is 0 Å². The van der Waals surface area contributed by atoms with Gasteiger partial charge in [0.15, 0.2) is 0 Å². The van der Waals surface area contributed by atoms with Gasteiger partial charge in [0.1, 0.15) is 18.1 Å². The van der Waals surface area contributed by atoms with Crippen molar-refractivity contribution >= 4 is 0 Å². The molecule has 0 fully saturated rings. The van der Waals surface area contributed by atoms with Gasteiger partial charge in [-0.2, -0.15) is 0 Å². The molecule has 0 unspecified atom stereocenters. The van der Waals surface area contributed by atoms with Crippen LogP contribution in [0, 0.1) is 12.3 Å². The first-order chi connectivity index (χ1) is 5.97. The molecule has 0 N–H and O–H groups in total. The summed E-state index contributed by atoms with van der Waals surface area (Å²) < 4.78 is 10.9. The Morgan fingerprint density at radius 3 is 2.46 bits per heavy atom. The molecule has 2 nitrogen and oxygen atoms in total. The third kappa shape index (κ3) is 4.13. The normalized spacial score (nSPS) is 12.0. The zero-order chi connectivity index (χ0) is 9.90. The van der Waals surface area contributed by atoms with E-state index in [1.165, 1.54) is 0 Å². The predicted molar refractivity (Wildman–Crippen MR) is 52.6 cm³/mol. The van der Waals surface area contributed by atoms with Crippen LogP contribution in [-0.4, -0.2) is 6.61 Å². The van der Waals surface area contributed by atoms with Crippen LogP contribution in [0.2, 0.25) is 0 Å². The minimum Gasteiger partial charge on any atom is -0.464 e. The fourth-order valence-corrected chi connectivity index (χ4v) is 1.02. The van der Waals surface area contributed by atoms with Crippen molar-refractivity contribution in [3.8, 4) is 0 Å². The minimum absolute atomic E-state index is 0.224. The first kappa shape index (κ1) is 10.3. The van der Waals surface area contributed by atoms with Gasteiger partial charge in [-0.25, -0.2) is 0 Å². The lowest BCUT2D eigenvalue weighted by Gasteiger charge is -2.17. The topological polar surface area (TPSA) is 22.4 Å². The van der Waals surface area contributed by atoms with Crippen LogP contribution in [0.3, 0.4) is 0 Å². The number of hydrogen-bond donors (Lipinski definition) is 0. The molecule has 2 heteroatoms. The highest BCUT2D eigenvalue weighted by molar-refractivity contribution is 5.04. The van der Waals surface area contributed by atoms with E-state index < -0.39 is 0 Å². The predicted octanol–water partition coefficient (Wildman–Crippen LogP) is 3.15. The lowest BCUT2D eigenvalue weighted by Crippen LogP contribution is -2.14. The molecular formula is C11H18O2. The van der Waals surface area contributed by atoms with Gasteiger partial charge in [-0.15, -0.1) is 0 Å². The van der Waals surface area contributed by atoms with Gasteiger partial charge < -0.3 is 9.15 Å². The lowest BCUT2D eigenvalue weighted by atomic mass is 9.99. The van der Waals surface area contributed by atoms with Crippen molar-refractivity contribution < 1.29 is 9.15 Å². The molecule has 1 aromatic rings. The molecule has 0 aliphatic heterocycles. The zero-order valence-corrected chi connectivity index (χ0v) is 8.89. The minimum atomic E-state index is 0.224. The fraction of sp³-hybridized carbons (Fsp3) is 0.636. The third-order valence-electron chi connectivity index (χ3n) is 1.58. The highest BCUT2D eigenvalue weighted by Gasteiger charge is 2.10. The molecule has 1 aromatic heterocycles. The molecule has 1 rings (SSSR count). The number of aryl methyl sites for hydroxylation is 1. The molecule has 0 atom stereocenters. The molecule has 0 spiro atoms. The van der Waals surface area contributed by atoms with Crippen LogP contribution in [0.5, 0.6) is 0 Å². The number of rotatable bonds is 3. The lowest BCUT2D eigenvalue weighted by molar-refractivity contribution is 0.0500. The molecule has 13 heavy (non-hydrogen) atoms. The van der Waals surface area contributed by atoms with Crippen LogP contribution in [-0.2, 0) is 11.3 Å². The Hall–Kier alpha value is -0.760. The van der Waals surface area contributed by atoms with Crippen molar-refractivity contribution in [3.05, 3.63) is 23.7 Å². The second-order valence-corrected chi connectivity index (χ2v) is 4.57. The van der Waals surface area contributed by atoms with Gasteiger partial charge in [0.25, 0.3) is 0 Å². The van der Waals surface area contributed by atoms with Crippen molar-refractivity contribution in [2.45, 2.75) is 34.3 Å². The Balaban J connectivity index is 2.28. The Labute approximate surface area is 79.9 Å². The Morgan fingerprint density at radius 1 is 1.31 bits per heavy atom. The maximum absolute atomic E-state index is 5.50. The van der Waals surface area contributed by atoms with E-state index in [1.54, 1.807) is 0 Å². The summed E-state index contributed by atoms with van der Waals surface area (Å²) in [6.07, 6.45) is 0. The van der Waals surface area contributed by atoms with Gasteiger partial charge in [-0.3, -0.25) is 0 Å². The first-order valence-electron chi connectivity index (χ1n) is 4.60. The molecule has 74 valence electrons. The maximum atomic E-state index is 5.50. The molecule has 0 amide bonds. The van der Waals surface area contributed by atoms with Crippen LogP contribution >= 0.6 is 0 Å². The van der Waals surface area contributed by atoms with Gasteiger partial charge in [-0.05, 0) is 24.5 Å². The van der Waals surface area contributed by atoms with E-state index in [0.29, 0.717) is 6.61 Å². The Kier molecular flexibility index (Phi) is 3.15. The maximum Gasteiger partial charge on any atom is 0.129 e. The fourth-order valence-electron chi connectivity index (χ4n) is 1.02. The average Bonchev–Trinajstić information content (AvgIpc) is 2.33. The highest BCUT2D eigenvalue weighted by atomic mass is 16.5. The van der Waals surface area contributed by atoms with Crippen LogP contribution in [0.4, 0.5) is 0 Å². The van der Waals surface area contributed by atoms with E-state index in [-0.39, 0.29) is 5.41 Å². The summed E-state index contributed by atoms with van der Waals surface area (Å²) in [5.41, 5.74) is 0.224. The summed E-state index contributed by atoms with van der Waals surface area (Å²) in [6.45, 7) is 9.73. The second kappa shape index (κ2) is 3.97. The quantitative estimate of drug-likeness (QED) is 0.716. The molecule has 0 saturated heterocycles. The van der Waals surface area contributed by atoms with Gasteiger partial charge in [0.2, 0.25) is 0 Å². The van der Waals surface area contributed by atoms with Crippen LogP contribution in [0.15, 0.2) is 16.5 Å². The van der Waals surface area contributed by atoms with E-state index in [4.69, 9.17) is 9.15 Å². The van der Waals surface area contributed by atoms with Crippen LogP contribution in [0.25, 0.3) is 0 Å². The van der Waals surface area contributed by atoms with Gasteiger partial charge in [-0.1, -0.05) is 20.8 Å². The smallest absolute Gasteiger partial charge is 0.129 e. The largest absolute Gasteiger partial charge is 0.464 e. The van der Waals surface area contributed by atoms with Crippen molar-refractivity contribution in [2.24, 2.45) is 5.41 Å². The first-order valence-corrected chi connectivity index (χ1v) is 4.60. The van der Waals surface area contributed by atoms with Gasteiger partial charge in [0.05, 0.1) is 6.61 Å². The number of ether oxygens (including phenoxy) is 1. The molecule has 0 aliphatic rings. The van der Waals surface area contributed by atoms with Crippen molar-refractivity contribution in [3.63, 3.8) is 0 Å². The van der Waals surface area contributed by atoms with E-state index in [0.717, 1.165) is 18.1 Å². The summed E-state index contributed by atoms with van der Waals surface area (Å²) in [5, 5.41) is 0. The van der Waals surface area contributed by atoms with E-state index in [9.17, 15) is 0 Å². The second-order valence-electron chi connectivity index (χ2n) is 4.57. The molecule has 0 aliphatic carbocycles. The van der Waals surface area contributed by atoms with Crippen molar-refractivity contribution in [1.82, 2.24) is 0 Å². The highest BCUT2D eigenvalue weighted by Crippen LogP contribution is 2.15. The number of furan rings is 1. The summed E-state index contributed by atoms with van der Waals surface area (Å²) in [5.74, 6) is 1.84. The van der Waals surface area contributed by atoms with E-state index in [2.05, 4.69) is 20.8 Å². The van der Waals surface area contributed by atoms with Crippen molar-refractivity contribution in [1.29, 1.82) is 0 Å². The molecule has 0 aromatic carbocycles. The number of hydrogen-bond acceptors (Lipinski definition) is 2. The molecule has 0 radical (unpaired) electrons. The third-order valence-corrected chi connectivity index (χ3v) is 1.58. The van der Waals surface area contributed by atoms with Gasteiger partial charge >= 0.3 is 0 Å². The average molecular weight is 182 g/mol. The summed E-state index contributed by atoms with van der Waals surface area (Å²) in [7, 11) is 0. The monoisotopic (exact) mass is 182 g/mol. The van der Waals surface area contributed by atoms with Crippen molar-refractivity contribution in [2.75, 3.05) is 6.61 Å². The molecular weight excluding hydrogens is 164 g/mol. The standard InChI is InChI=1S/C11H18O2/c1-9-5-6-10(13-9)7-12-8-11(2,3)4/h5-6H,7-8H2,1-4H3. The summed E-state index contributed by atoms with van der Waals surface area (Å²) in [4.78, 5) is 0. The Bertz CT molecular complexity index is 255.